The number of carbonyl (C=O) groups is 2. The van der Waals surface area contributed by atoms with Crippen LogP contribution in [0, 0.1) is 11.3 Å². The minimum Gasteiger partial charge on any atom is -0.344 e. The van der Waals surface area contributed by atoms with Crippen molar-refractivity contribution in [2.24, 2.45) is 11.3 Å². The first-order valence-corrected chi connectivity index (χ1v) is 8.94. The van der Waals surface area contributed by atoms with E-state index in [1.54, 1.807) is 0 Å². The highest BCUT2D eigenvalue weighted by molar-refractivity contribution is 5.90. The van der Waals surface area contributed by atoms with Gasteiger partial charge in [0, 0.05) is 19.6 Å². The summed E-state index contributed by atoms with van der Waals surface area (Å²) in [5.41, 5.74) is -0.269. The Hall–Kier alpha value is -1.10. The lowest BCUT2D eigenvalue weighted by atomic mass is 9.67. The second-order valence-corrected chi connectivity index (χ2v) is 7.31. The van der Waals surface area contributed by atoms with Crippen molar-refractivity contribution in [1.29, 1.82) is 0 Å². The van der Waals surface area contributed by atoms with Crippen LogP contribution in [-0.2, 0) is 9.59 Å². The van der Waals surface area contributed by atoms with Gasteiger partial charge in [-0.05, 0) is 51.5 Å². The third-order valence-corrected chi connectivity index (χ3v) is 5.88. The average Bonchev–Trinajstić information content (AvgIpc) is 3.00. The van der Waals surface area contributed by atoms with Gasteiger partial charge in [-0.2, -0.15) is 0 Å². The Kier molecular flexibility index (Phi) is 4.71. The van der Waals surface area contributed by atoms with E-state index in [0.717, 1.165) is 58.3 Å². The van der Waals surface area contributed by atoms with E-state index >= 15 is 0 Å². The summed E-state index contributed by atoms with van der Waals surface area (Å²) in [6, 6.07) is -0.400. The highest BCUT2D eigenvalue weighted by Gasteiger charge is 2.50. The number of rotatable bonds is 3. The Morgan fingerprint density at radius 3 is 2.73 bits per heavy atom. The van der Waals surface area contributed by atoms with Gasteiger partial charge in [0.25, 0.3) is 0 Å². The first kappa shape index (κ1) is 15.8. The lowest BCUT2D eigenvalue weighted by Gasteiger charge is -2.38. The Morgan fingerprint density at radius 1 is 1.18 bits per heavy atom. The van der Waals surface area contributed by atoms with Crippen LogP contribution in [0.15, 0.2) is 0 Å². The van der Waals surface area contributed by atoms with Crippen molar-refractivity contribution < 1.29 is 9.59 Å². The van der Waals surface area contributed by atoms with Gasteiger partial charge in [-0.1, -0.05) is 12.8 Å². The predicted octanol–water partition coefficient (Wildman–Crippen LogP) is 1.28. The number of amides is 2. The van der Waals surface area contributed by atoms with E-state index in [0.29, 0.717) is 5.92 Å². The molecule has 2 aliphatic heterocycles. The third kappa shape index (κ3) is 2.87. The maximum Gasteiger partial charge on any atom is 0.244 e. The molecular weight excluding hydrogens is 278 g/mol. The molecule has 0 aromatic heterocycles. The summed E-state index contributed by atoms with van der Waals surface area (Å²) in [7, 11) is 0. The van der Waals surface area contributed by atoms with Crippen LogP contribution in [0.2, 0.25) is 0 Å². The molecule has 5 nitrogen and oxygen atoms in total. The number of hydrogen-bond acceptors (Lipinski definition) is 3. The van der Waals surface area contributed by atoms with Crippen molar-refractivity contribution in [3.63, 3.8) is 0 Å². The molecule has 2 heterocycles. The van der Waals surface area contributed by atoms with Crippen LogP contribution in [0.25, 0.3) is 0 Å². The van der Waals surface area contributed by atoms with Crippen molar-refractivity contribution in [1.82, 2.24) is 15.5 Å². The van der Waals surface area contributed by atoms with Gasteiger partial charge in [0.1, 0.15) is 6.04 Å². The van der Waals surface area contributed by atoms with Crippen LogP contribution in [0.5, 0.6) is 0 Å². The van der Waals surface area contributed by atoms with E-state index in [2.05, 4.69) is 10.6 Å². The SMILES string of the molecule is CC(NC(=O)[C@@]12CCCC[C@H]1CNC2)C(=O)N1CCCCC1. The minimum atomic E-state index is -0.400. The Labute approximate surface area is 133 Å². The molecule has 2 amide bonds. The maximum absolute atomic E-state index is 12.9. The molecule has 2 N–H and O–H groups in total. The lowest BCUT2D eigenvalue weighted by molar-refractivity contribution is -0.141. The molecule has 0 aromatic rings. The third-order valence-electron chi connectivity index (χ3n) is 5.88. The number of carbonyl (C=O) groups excluding carboxylic acids is 2. The molecule has 3 rings (SSSR count). The summed E-state index contributed by atoms with van der Waals surface area (Å²) in [6.07, 6.45) is 7.82. The molecule has 1 saturated carbocycles. The number of hydrogen-bond donors (Lipinski definition) is 2. The molecule has 22 heavy (non-hydrogen) atoms. The lowest BCUT2D eigenvalue weighted by Crippen LogP contribution is -2.54. The van der Waals surface area contributed by atoms with Crippen LogP contribution in [0.1, 0.15) is 51.9 Å². The molecule has 124 valence electrons. The number of nitrogens with zero attached hydrogens (tertiary/aromatic N) is 1. The van der Waals surface area contributed by atoms with Gasteiger partial charge in [-0.25, -0.2) is 0 Å². The molecule has 1 unspecified atom stereocenters. The van der Waals surface area contributed by atoms with E-state index in [1.807, 2.05) is 11.8 Å². The second kappa shape index (κ2) is 6.57. The van der Waals surface area contributed by atoms with E-state index in [4.69, 9.17) is 0 Å². The van der Waals surface area contributed by atoms with Gasteiger partial charge in [-0.3, -0.25) is 9.59 Å². The fourth-order valence-electron chi connectivity index (χ4n) is 4.48. The summed E-state index contributed by atoms with van der Waals surface area (Å²) >= 11 is 0. The summed E-state index contributed by atoms with van der Waals surface area (Å²) in [5, 5.41) is 6.43. The summed E-state index contributed by atoms with van der Waals surface area (Å²) < 4.78 is 0. The molecule has 5 heteroatoms. The number of fused-ring (bicyclic) bond motifs is 1. The van der Waals surface area contributed by atoms with Crippen LogP contribution in [0.3, 0.4) is 0 Å². The summed E-state index contributed by atoms with van der Waals surface area (Å²) in [4.78, 5) is 27.3. The van der Waals surface area contributed by atoms with Crippen molar-refractivity contribution >= 4 is 11.8 Å². The second-order valence-electron chi connectivity index (χ2n) is 7.31. The highest BCUT2D eigenvalue weighted by Crippen LogP contribution is 2.43. The van der Waals surface area contributed by atoms with Crippen molar-refractivity contribution in [2.45, 2.75) is 57.9 Å². The molecule has 0 radical (unpaired) electrons. The van der Waals surface area contributed by atoms with Crippen LogP contribution in [-0.4, -0.2) is 48.9 Å². The Balaban J connectivity index is 1.61. The zero-order valence-electron chi connectivity index (χ0n) is 13.7. The van der Waals surface area contributed by atoms with Gasteiger partial charge in [-0.15, -0.1) is 0 Å². The van der Waals surface area contributed by atoms with Gasteiger partial charge < -0.3 is 15.5 Å². The quantitative estimate of drug-likeness (QED) is 0.826. The molecule has 3 aliphatic rings. The molecule has 2 saturated heterocycles. The highest BCUT2D eigenvalue weighted by atomic mass is 16.2. The topological polar surface area (TPSA) is 61.4 Å². The minimum absolute atomic E-state index is 0.0859. The van der Waals surface area contributed by atoms with Crippen molar-refractivity contribution in [3.05, 3.63) is 0 Å². The van der Waals surface area contributed by atoms with Crippen LogP contribution < -0.4 is 10.6 Å². The fraction of sp³-hybridized carbons (Fsp3) is 0.882. The summed E-state index contributed by atoms with van der Waals surface area (Å²) in [5.74, 6) is 0.626. The Morgan fingerprint density at radius 2 is 1.95 bits per heavy atom. The molecule has 3 fully saturated rings. The molecular formula is C17H29N3O2. The van der Waals surface area contributed by atoms with Gasteiger partial charge in [0.15, 0.2) is 0 Å². The molecule has 0 aromatic carbocycles. The number of likely N-dealkylation sites (tertiary alicyclic amines) is 1. The maximum atomic E-state index is 12.9. The molecule has 0 bridgehead atoms. The zero-order valence-corrected chi connectivity index (χ0v) is 13.7. The molecule has 1 aliphatic carbocycles. The number of piperidine rings is 1. The zero-order chi connectivity index (χ0) is 15.6. The van der Waals surface area contributed by atoms with Crippen molar-refractivity contribution in [2.75, 3.05) is 26.2 Å². The normalized spacial score (nSPS) is 33.1. The molecule has 0 spiro atoms. The average molecular weight is 307 g/mol. The standard InChI is InChI=1S/C17H29N3O2/c1-13(15(21)20-9-5-2-6-10-20)19-16(22)17-8-4-3-7-14(17)11-18-12-17/h13-14,18H,2-12H2,1H3,(H,19,22)/t13?,14-,17+/m0/s1. The number of nitrogens with one attached hydrogen (secondary N) is 2. The van der Waals surface area contributed by atoms with Gasteiger partial charge in [0.05, 0.1) is 5.41 Å². The van der Waals surface area contributed by atoms with E-state index in [9.17, 15) is 9.59 Å². The smallest absolute Gasteiger partial charge is 0.244 e. The van der Waals surface area contributed by atoms with Crippen LogP contribution in [0.4, 0.5) is 0 Å². The summed E-state index contributed by atoms with van der Waals surface area (Å²) in [6.45, 7) is 5.24. The molecule has 3 atom stereocenters. The van der Waals surface area contributed by atoms with E-state index < -0.39 is 6.04 Å². The van der Waals surface area contributed by atoms with Gasteiger partial charge >= 0.3 is 0 Å². The first-order valence-electron chi connectivity index (χ1n) is 8.94. The van der Waals surface area contributed by atoms with E-state index in [1.165, 1.54) is 12.8 Å². The largest absolute Gasteiger partial charge is 0.344 e. The Bertz CT molecular complexity index is 434. The first-order chi connectivity index (χ1) is 10.6. The van der Waals surface area contributed by atoms with E-state index in [-0.39, 0.29) is 17.2 Å². The van der Waals surface area contributed by atoms with Gasteiger partial charge in [0.2, 0.25) is 11.8 Å². The fourth-order valence-corrected chi connectivity index (χ4v) is 4.48. The predicted molar refractivity (Wildman–Crippen MR) is 85.3 cm³/mol. The monoisotopic (exact) mass is 307 g/mol. The van der Waals surface area contributed by atoms with Crippen molar-refractivity contribution in [3.8, 4) is 0 Å². The van der Waals surface area contributed by atoms with Crippen LogP contribution >= 0.6 is 0 Å².